The van der Waals surface area contributed by atoms with Crippen molar-refractivity contribution in [1.82, 2.24) is 0 Å². The minimum atomic E-state index is -0.305. The Labute approximate surface area is 104 Å². The smallest absolute Gasteiger partial charge is 0.161 e. The van der Waals surface area contributed by atoms with Crippen LogP contribution in [0, 0.1) is 5.41 Å². The van der Waals surface area contributed by atoms with Gasteiger partial charge in [-0.2, -0.15) is 0 Å². The van der Waals surface area contributed by atoms with Gasteiger partial charge in [-0.25, -0.2) is 0 Å². The van der Waals surface area contributed by atoms with Gasteiger partial charge >= 0.3 is 0 Å². The topological polar surface area (TPSA) is 20.3 Å². The van der Waals surface area contributed by atoms with Crippen LogP contribution in [0.2, 0.25) is 0 Å². The predicted octanol–water partition coefficient (Wildman–Crippen LogP) is 3.38. The van der Waals surface area contributed by atoms with Gasteiger partial charge in [0.05, 0.1) is 0 Å². The molecular weight excluding hydrogens is 210 g/mol. The van der Waals surface area contributed by atoms with Gasteiger partial charge in [0.15, 0.2) is 5.78 Å². The van der Waals surface area contributed by atoms with Gasteiger partial charge in [0.2, 0.25) is 0 Å². The van der Waals surface area contributed by atoms with Gasteiger partial charge in [-0.3, -0.25) is 4.79 Å². The lowest BCUT2D eigenvalue weighted by atomic mass is 9.90. The van der Waals surface area contributed by atoms with E-state index in [1.807, 2.05) is 70.1 Å². The molecule has 0 saturated heterocycles. The molecule has 0 saturated carbocycles. The molecule has 0 heterocycles. The second-order valence-electron chi connectivity index (χ2n) is 5.43. The third kappa shape index (κ3) is 4.06. The van der Waals surface area contributed by atoms with Gasteiger partial charge in [0.25, 0.3) is 0 Å². The largest absolute Gasteiger partial charge is 0.378 e. The first kappa shape index (κ1) is 13.5. The summed E-state index contributed by atoms with van der Waals surface area (Å²) >= 11 is 0. The fraction of sp³-hybridized carbons (Fsp3) is 0.400. The molecule has 0 atom stereocenters. The third-order valence-corrected chi connectivity index (χ3v) is 2.58. The summed E-state index contributed by atoms with van der Waals surface area (Å²) in [6.07, 6.45) is 3.53. The number of nitrogens with zero attached hydrogens (tertiary/aromatic N) is 1. The molecule has 0 fully saturated rings. The van der Waals surface area contributed by atoms with Crippen molar-refractivity contribution in [2.24, 2.45) is 5.41 Å². The zero-order chi connectivity index (χ0) is 13.1. The van der Waals surface area contributed by atoms with E-state index in [2.05, 4.69) is 0 Å². The standard InChI is InChI=1S/C15H21NO/c1-15(2,3)14(17)11-8-12-6-9-13(10-7-12)16(4)5/h6-11H,1-5H3/b11-8+. The van der Waals surface area contributed by atoms with Crippen LogP contribution in [0.3, 0.4) is 0 Å². The van der Waals surface area contributed by atoms with Crippen molar-refractivity contribution in [2.75, 3.05) is 19.0 Å². The quantitative estimate of drug-likeness (QED) is 0.743. The van der Waals surface area contributed by atoms with Crippen molar-refractivity contribution >= 4 is 17.5 Å². The molecule has 0 spiro atoms. The Kier molecular flexibility index (Phi) is 4.11. The number of rotatable bonds is 3. The van der Waals surface area contributed by atoms with Gasteiger partial charge in [-0.1, -0.05) is 39.0 Å². The predicted molar refractivity (Wildman–Crippen MR) is 74.3 cm³/mol. The number of carbonyl (C=O) groups excluding carboxylic acids is 1. The number of ketones is 1. The Morgan fingerprint density at radius 2 is 1.65 bits per heavy atom. The van der Waals surface area contributed by atoms with Gasteiger partial charge in [0.1, 0.15) is 0 Å². The second kappa shape index (κ2) is 5.17. The van der Waals surface area contributed by atoms with Crippen LogP contribution in [0.15, 0.2) is 30.3 Å². The van der Waals surface area contributed by atoms with E-state index in [9.17, 15) is 4.79 Å². The van der Waals surface area contributed by atoms with E-state index in [-0.39, 0.29) is 11.2 Å². The highest BCUT2D eigenvalue weighted by molar-refractivity contribution is 5.97. The Morgan fingerprint density at radius 1 is 1.12 bits per heavy atom. The molecule has 0 bridgehead atoms. The Balaban J connectivity index is 2.76. The van der Waals surface area contributed by atoms with Crippen LogP contribution in [-0.2, 0) is 4.79 Å². The Morgan fingerprint density at radius 3 is 2.06 bits per heavy atom. The van der Waals surface area contributed by atoms with E-state index < -0.39 is 0 Å². The average molecular weight is 231 g/mol. The van der Waals surface area contributed by atoms with Gasteiger partial charge in [-0.05, 0) is 23.8 Å². The first-order valence-corrected chi connectivity index (χ1v) is 5.80. The van der Waals surface area contributed by atoms with Crippen molar-refractivity contribution in [3.63, 3.8) is 0 Å². The van der Waals surface area contributed by atoms with E-state index in [0.29, 0.717) is 0 Å². The fourth-order valence-corrected chi connectivity index (χ4v) is 1.31. The van der Waals surface area contributed by atoms with E-state index in [4.69, 9.17) is 0 Å². The summed E-state index contributed by atoms with van der Waals surface area (Å²) in [5.74, 6) is 0.147. The molecule has 0 amide bonds. The maximum Gasteiger partial charge on any atom is 0.161 e. The molecule has 1 aromatic rings. The molecule has 0 radical (unpaired) electrons. The lowest BCUT2D eigenvalue weighted by Crippen LogP contribution is -2.17. The minimum absolute atomic E-state index is 0.147. The maximum absolute atomic E-state index is 11.7. The first-order valence-electron chi connectivity index (χ1n) is 5.80. The summed E-state index contributed by atoms with van der Waals surface area (Å²) in [6.45, 7) is 5.78. The molecule has 0 aliphatic rings. The van der Waals surface area contributed by atoms with E-state index in [1.165, 1.54) is 0 Å². The van der Waals surface area contributed by atoms with Crippen LogP contribution in [0.1, 0.15) is 26.3 Å². The van der Waals surface area contributed by atoms with Crippen LogP contribution in [-0.4, -0.2) is 19.9 Å². The maximum atomic E-state index is 11.7. The summed E-state index contributed by atoms with van der Waals surface area (Å²) in [4.78, 5) is 13.8. The summed E-state index contributed by atoms with van der Waals surface area (Å²) in [5, 5.41) is 0. The van der Waals surface area contributed by atoms with Crippen molar-refractivity contribution in [2.45, 2.75) is 20.8 Å². The van der Waals surface area contributed by atoms with Crippen LogP contribution in [0.25, 0.3) is 6.08 Å². The molecule has 0 aliphatic carbocycles. The average Bonchev–Trinajstić information content (AvgIpc) is 2.25. The zero-order valence-corrected chi connectivity index (χ0v) is 11.3. The van der Waals surface area contributed by atoms with Crippen molar-refractivity contribution in [3.05, 3.63) is 35.9 Å². The number of anilines is 1. The Bertz CT molecular complexity index is 408. The summed E-state index contributed by atoms with van der Waals surface area (Å²) < 4.78 is 0. The molecule has 1 aromatic carbocycles. The Hall–Kier alpha value is -1.57. The summed E-state index contributed by atoms with van der Waals surface area (Å²) in [7, 11) is 4.02. The highest BCUT2D eigenvalue weighted by atomic mass is 16.1. The lowest BCUT2D eigenvalue weighted by Gasteiger charge is -2.13. The van der Waals surface area contributed by atoms with E-state index in [0.717, 1.165) is 11.3 Å². The van der Waals surface area contributed by atoms with Crippen LogP contribution in [0.5, 0.6) is 0 Å². The van der Waals surface area contributed by atoms with Crippen LogP contribution >= 0.6 is 0 Å². The van der Waals surface area contributed by atoms with Crippen LogP contribution in [0.4, 0.5) is 5.69 Å². The molecular formula is C15H21NO. The number of carbonyl (C=O) groups is 1. The number of hydrogen-bond acceptors (Lipinski definition) is 2. The molecule has 0 unspecified atom stereocenters. The van der Waals surface area contributed by atoms with Crippen molar-refractivity contribution in [1.29, 1.82) is 0 Å². The molecule has 17 heavy (non-hydrogen) atoms. The van der Waals surface area contributed by atoms with Crippen molar-refractivity contribution < 1.29 is 4.79 Å². The summed E-state index contributed by atoms with van der Waals surface area (Å²) in [5.41, 5.74) is 1.90. The van der Waals surface area contributed by atoms with E-state index >= 15 is 0 Å². The van der Waals surface area contributed by atoms with Crippen LogP contribution < -0.4 is 4.90 Å². The molecule has 92 valence electrons. The van der Waals surface area contributed by atoms with E-state index in [1.54, 1.807) is 6.08 Å². The monoisotopic (exact) mass is 231 g/mol. The molecule has 2 heteroatoms. The highest BCUT2D eigenvalue weighted by Crippen LogP contribution is 2.17. The van der Waals surface area contributed by atoms with Crippen molar-refractivity contribution in [3.8, 4) is 0 Å². The number of hydrogen-bond donors (Lipinski definition) is 0. The number of allylic oxidation sites excluding steroid dienone is 1. The van der Waals surface area contributed by atoms with Gasteiger partial charge in [-0.15, -0.1) is 0 Å². The zero-order valence-electron chi connectivity index (χ0n) is 11.3. The normalized spacial score (nSPS) is 11.8. The third-order valence-electron chi connectivity index (χ3n) is 2.58. The molecule has 0 aliphatic heterocycles. The summed E-state index contributed by atoms with van der Waals surface area (Å²) in [6, 6.07) is 8.12. The highest BCUT2D eigenvalue weighted by Gasteiger charge is 2.17. The molecule has 1 rings (SSSR count). The fourth-order valence-electron chi connectivity index (χ4n) is 1.31. The van der Waals surface area contributed by atoms with Gasteiger partial charge < -0.3 is 4.90 Å². The first-order chi connectivity index (χ1) is 7.80. The molecule has 0 aromatic heterocycles. The SMILES string of the molecule is CN(C)c1ccc(/C=C/C(=O)C(C)(C)C)cc1. The lowest BCUT2D eigenvalue weighted by molar-refractivity contribution is -0.121. The molecule has 2 nitrogen and oxygen atoms in total. The second-order valence-corrected chi connectivity index (χ2v) is 5.43. The number of benzene rings is 1. The van der Waals surface area contributed by atoms with Gasteiger partial charge in [0, 0.05) is 25.2 Å². The minimum Gasteiger partial charge on any atom is -0.378 e. The molecule has 0 N–H and O–H groups in total.